The molecule has 0 aliphatic carbocycles. The highest BCUT2D eigenvalue weighted by Crippen LogP contribution is 1.71. The molecule has 46 valence electrons. The van der Waals surface area contributed by atoms with Gasteiger partial charge in [0.25, 0.3) is 0 Å². The summed E-state index contributed by atoms with van der Waals surface area (Å²) in [7, 11) is 0. The van der Waals surface area contributed by atoms with Gasteiger partial charge in [0.05, 0.1) is 12.6 Å². The minimum absolute atomic E-state index is 0.0680. The number of aliphatic hydroxyl groups excluding tert-OH is 1. The summed E-state index contributed by atoms with van der Waals surface area (Å²) < 4.78 is 0. The van der Waals surface area contributed by atoms with E-state index in [2.05, 4.69) is 11.8 Å². The number of hydrogen-bond acceptors (Lipinski definition) is 2. The third-order valence-electron chi connectivity index (χ3n) is 0.567. The molecule has 0 radical (unpaired) electrons. The van der Waals surface area contributed by atoms with Crippen LogP contribution in [0.25, 0.3) is 0 Å². The van der Waals surface area contributed by atoms with E-state index >= 15 is 0 Å². The van der Waals surface area contributed by atoms with Crippen molar-refractivity contribution in [1.82, 2.24) is 0 Å². The van der Waals surface area contributed by atoms with E-state index in [4.69, 9.17) is 10.8 Å². The maximum absolute atomic E-state index is 8.24. The van der Waals surface area contributed by atoms with Gasteiger partial charge in [-0.15, -0.1) is 0 Å². The Bertz CT molecular complexity index is 98.8. The van der Waals surface area contributed by atoms with Crippen LogP contribution >= 0.6 is 0 Å². The van der Waals surface area contributed by atoms with Crippen LogP contribution in [0.4, 0.5) is 0 Å². The molecule has 1 atom stereocenters. The number of hydrogen-bond donors (Lipinski definition) is 2. The monoisotopic (exact) mass is 113 g/mol. The zero-order valence-electron chi connectivity index (χ0n) is 5.02. The molecule has 0 bridgehead atoms. The molecule has 0 saturated heterocycles. The minimum Gasteiger partial charge on any atom is -0.395 e. The lowest BCUT2D eigenvalue weighted by atomic mass is 10.3. The average molecular weight is 113 g/mol. The Morgan fingerprint density at radius 3 is 2.75 bits per heavy atom. The van der Waals surface area contributed by atoms with Gasteiger partial charge in [0.1, 0.15) is 0 Å². The Morgan fingerprint density at radius 1 is 1.75 bits per heavy atom. The van der Waals surface area contributed by atoms with Gasteiger partial charge in [-0.25, -0.2) is 0 Å². The predicted molar refractivity (Wildman–Crippen MR) is 33.1 cm³/mol. The highest BCUT2D eigenvalue weighted by atomic mass is 16.2. The van der Waals surface area contributed by atoms with Crippen LogP contribution in [0.1, 0.15) is 13.3 Å². The van der Waals surface area contributed by atoms with E-state index in [0.717, 1.165) is 0 Å². The van der Waals surface area contributed by atoms with Crippen LogP contribution in [0, 0.1) is 11.8 Å². The second kappa shape index (κ2) is 4.63. The normalized spacial score (nSPS) is 11.9. The van der Waals surface area contributed by atoms with Gasteiger partial charge in [0.15, 0.2) is 0 Å². The summed E-state index contributed by atoms with van der Waals surface area (Å²) in [5, 5.41) is 8.24. The van der Waals surface area contributed by atoms with Crippen LogP contribution in [-0.4, -0.2) is 17.8 Å². The summed E-state index contributed by atoms with van der Waals surface area (Å²) in [5.41, 5.74) is 5.28. The summed E-state index contributed by atoms with van der Waals surface area (Å²) in [6.45, 7) is 1.93. The molecule has 0 amide bonds. The Hall–Kier alpha value is -0.520. The van der Waals surface area contributed by atoms with Gasteiger partial charge in [0.2, 0.25) is 0 Å². The predicted octanol–water partition coefficient (Wildman–Crippen LogP) is -0.281. The molecule has 2 heteroatoms. The molecule has 3 N–H and O–H groups in total. The van der Waals surface area contributed by atoms with E-state index in [9.17, 15) is 0 Å². The molecule has 0 rings (SSSR count). The molecule has 0 aliphatic rings. The number of rotatable bonds is 1. The second-order valence-corrected chi connectivity index (χ2v) is 1.58. The van der Waals surface area contributed by atoms with Gasteiger partial charge < -0.3 is 10.8 Å². The lowest BCUT2D eigenvalue weighted by Gasteiger charge is -1.86. The number of nitrogens with two attached hydrogens (primary N) is 1. The molecular weight excluding hydrogens is 102 g/mol. The SMILES string of the molecule is CC(N)C#CCCO. The van der Waals surface area contributed by atoms with E-state index in [1.54, 1.807) is 0 Å². The maximum atomic E-state index is 8.24. The zero-order valence-corrected chi connectivity index (χ0v) is 5.02. The molecular formula is C6H11NO. The molecule has 0 heterocycles. The van der Waals surface area contributed by atoms with Gasteiger partial charge in [-0.1, -0.05) is 11.8 Å². The van der Waals surface area contributed by atoms with Gasteiger partial charge in [-0.3, -0.25) is 0 Å². The fourth-order valence-corrected chi connectivity index (χ4v) is 0.289. The standard InChI is InChI=1S/C6H11NO/c1-6(7)4-2-3-5-8/h6,8H,3,5,7H2,1H3. The first-order chi connectivity index (χ1) is 3.77. The van der Waals surface area contributed by atoms with Gasteiger partial charge in [-0.2, -0.15) is 0 Å². The molecule has 8 heavy (non-hydrogen) atoms. The van der Waals surface area contributed by atoms with Crippen LogP contribution in [0.15, 0.2) is 0 Å². The van der Waals surface area contributed by atoms with Crippen molar-refractivity contribution < 1.29 is 5.11 Å². The van der Waals surface area contributed by atoms with Crippen LogP contribution in [0.2, 0.25) is 0 Å². The highest BCUT2D eigenvalue weighted by molar-refractivity contribution is 5.04. The van der Waals surface area contributed by atoms with Crippen LogP contribution in [0.3, 0.4) is 0 Å². The second-order valence-electron chi connectivity index (χ2n) is 1.58. The molecule has 0 aliphatic heterocycles. The van der Waals surface area contributed by atoms with Crippen molar-refractivity contribution >= 4 is 0 Å². The van der Waals surface area contributed by atoms with Gasteiger partial charge in [0, 0.05) is 6.42 Å². The Balaban J connectivity index is 3.20. The molecule has 0 spiro atoms. The zero-order chi connectivity index (χ0) is 6.41. The Labute approximate surface area is 49.7 Å². The van der Waals surface area contributed by atoms with E-state index in [0.29, 0.717) is 6.42 Å². The molecule has 2 nitrogen and oxygen atoms in total. The molecule has 0 aromatic heterocycles. The summed E-state index contributed by atoms with van der Waals surface area (Å²) in [4.78, 5) is 0. The highest BCUT2D eigenvalue weighted by Gasteiger charge is 1.78. The first kappa shape index (κ1) is 7.48. The number of aliphatic hydroxyl groups is 1. The van der Waals surface area contributed by atoms with Crippen molar-refractivity contribution in [1.29, 1.82) is 0 Å². The van der Waals surface area contributed by atoms with Gasteiger partial charge >= 0.3 is 0 Å². The molecule has 0 fully saturated rings. The van der Waals surface area contributed by atoms with Crippen molar-refractivity contribution in [2.75, 3.05) is 6.61 Å². The average Bonchev–Trinajstić information content (AvgIpc) is 1.66. The van der Waals surface area contributed by atoms with E-state index in [1.165, 1.54) is 0 Å². The first-order valence-corrected chi connectivity index (χ1v) is 2.62. The molecule has 1 unspecified atom stereocenters. The minimum atomic E-state index is -0.0680. The Kier molecular flexibility index (Phi) is 4.33. The van der Waals surface area contributed by atoms with E-state index < -0.39 is 0 Å². The largest absolute Gasteiger partial charge is 0.395 e. The lowest BCUT2D eigenvalue weighted by Crippen LogP contribution is -2.10. The van der Waals surface area contributed by atoms with Crippen molar-refractivity contribution in [3.05, 3.63) is 0 Å². The summed E-state index contributed by atoms with van der Waals surface area (Å²) in [5.74, 6) is 5.42. The summed E-state index contributed by atoms with van der Waals surface area (Å²) in [6, 6.07) is -0.0680. The van der Waals surface area contributed by atoms with Crippen LogP contribution in [0.5, 0.6) is 0 Å². The van der Waals surface area contributed by atoms with Crippen LogP contribution in [-0.2, 0) is 0 Å². The molecule has 0 aromatic rings. The molecule has 0 saturated carbocycles. The topological polar surface area (TPSA) is 46.2 Å². The maximum Gasteiger partial charge on any atom is 0.0636 e. The summed E-state index contributed by atoms with van der Waals surface area (Å²) in [6.07, 6.45) is 0.529. The third-order valence-corrected chi connectivity index (χ3v) is 0.567. The van der Waals surface area contributed by atoms with Crippen LogP contribution < -0.4 is 5.73 Å². The third kappa shape index (κ3) is 5.48. The molecule has 0 aromatic carbocycles. The summed E-state index contributed by atoms with van der Waals surface area (Å²) >= 11 is 0. The first-order valence-electron chi connectivity index (χ1n) is 2.62. The Morgan fingerprint density at radius 2 is 2.38 bits per heavy atom. The van der Waals surface area contributed by atoms with Crippen molar-refractivity contribution in [3.63, 3.8) is 0 Å². The fraction of sp³-hybridized carbons (Fsp3) is 0.667. The quantitative estimate of drug-likeness (QED) is 0.459. The lowest BCUT2D eigenvalue weighted by molar-refractivity contribution is 0.305. The van der Waals surface area contributed by atoms with Crippen molar-refractivity contribution in [3.8, 4) is 11.8 Å². The van der Waals surface area contributed by atoms with Crippen molar-refractivity contribution in [2.45, 2.75) is 19.4 Å². The van der Waals surface area contributed by atoms with Crippen molar-refractivity contribution in [2.24, 2.45) is 5.73 Å². The van der Waals surface area contributed by atoms with E-state index in [-0.39, 0.29) is 12.6 Å². The smallest absolute Gasteiger partial charge is 0.0636 e. The van der Waals surface area contributed by atoms with Gasteiger partial charge in [-0.05, 0) is 6.92 Å². The van der Waals surface area contributed by atoms with E-state index in [1.807, 2.05) is 6.92 Å². The fourth-order valence-electron chi connectivity index (χ4n) is 0.289.